The number of methoxy groups -OCH3 is 1. The molecule has 0 amide bonds. The van der Waals surface area contributed by atoms with Gasteiger partial charge in [-0.1, -0.05) is 24.3 Å². The van der Waals surface area contributed by atoms with E-state index in [-0.39, 0.29) is 6.79 Å². The summed E-state index contributed by atoms with van der Waals surface area (Å²) < 4.78 is 10.4. The van der Waals surface area contributed by atoms with Crippen LogP contribution in [0.1, 0.15) is 11.1 Å². The van der Waals surface area contributed by atoms with Crippen molar-refractivity contribution in [3.63, 3.8) is 0 Å². The number of rotatable bonds is 3. The Labute approximate surface area is 95.8 Å². The fourth-order valence-corrected chi connectivity index (χ4v) is 1.92. The van der Waals surface area contributed by atoms with Crippen molar-refractivity contribution >= 4 is 10.8 Å². The monoisotopic (exact) mass is 216 g/mol. The molecule has 2 aromatic rings. The zero-order chi connectivity index (χ0) is 11.5. The van der Waals surface area contributed by atoms with Gasteiger partial charge in [0, 0.05) is 7.11 Å². The number of aryl methyl sites for hydroxylation is 2. The predicted molar refractivity (Wildman–Crippen MR) is 65.9 cm³/mol. The van der Waals surface area contributed by atoms with Gasteiger partial charge < -0.3 is 9.47 Å². The molecule has 0 aliphatic rings. The Morgan fingerprint density at radius 2 is 1.81 bits per heavy atom. The molecule has 0 saturated carbocycles. The lowest BCUT2D eigenvalue weighted by molar-refractivity contribution is 0.0507. The van der Waals surface area contributed by atoms with Crippen LogP contribution in [0.4, 0.5) is 0 Å². The quantitative estimate of drug-likeness (QED) is 0.732. The first kappa shape index (κ1) is 11.0. The third kappa shape index (κ3) is 1.89. The van der Waals surface area contributed by atoms with E-state index in [0.29, 0.717) is 0 Å². The van der Waals surface area contributed by atoms with E-state index in [9.17, 15) is 0 Å². The van der Waals surface area contributed by atoms with Gasteiger partial charge in [0.15, 0.2) is 6.79 Å². The summed E-state index contributed by atoms with van der Waals surface area (Å²) >= 11 is 0. The van der Waals surface area contributed by atoms with Crippen molar-refractivity contribution < 1.29 is 9.47 Å². The van der Waals surface area contributed by atoms with Gasteiger partial charge in [-0.3, -0.25) is 0 Å². The van der Waals surface area contributed by atoms with E-state index in [0.717, 1.165) is 5.75 Å². The predicted octanol–water partition coefficient (Wildman–Crippen LogP) is 3.44. The molecule has 0 heterocycles. The minimum atomic E-state index is 0.290. The molecule has 0 unspecified atom stereocenters. The first-order valence-corrected chi connectivity index (χ1v) is 5.34. The van der Waals surface area contributed by atoms with Gasteiger partial charge in [0.1, 0.15) is 5.75 Å². The van der Waals surface area contributed by atoms with Crippen molar-refractivity contribution in [2.45, 2.75) is 13.8 Å². The zero-order valence-corrected chi connectivity index (χ0v) is 9.91. The zero-order valence-electron chi connectivity index (χ0n) is 9.91. The van der Waals surface area contributed by atoms with Crippen LogP contribution in [0.2, 0.25) is 0 Å². The highest BCUT2D eigenvalue weighted by Crippen LogP contribution is 2.28. The molecule has 2 rings (SSSR count). The van der Waals surface area contributed by atoms with Crippen molar-refractivity contribution in [2.24, 2.45) is 0 Å². The van der Waals surface area contributed by atoms with Crippen LogP contribution < -0.4 is 4.74 Å². The molecule has 0 atom stereocenters. The minimum Gasteiger partial charge on any atom is -0.467 e. The lowest BCUT2D eigenvalue weighted by atomic mass is 10.0. The number of hydrogen-bond donors (Lipinski definition) is 0. The Morgan fingerprint density at radius 1 is 1.00 bits per heavy atom. The average molecular weight is 216 g/mol. The maximum absolute atomic E-state index is 5.51. The highest BCUT2D eigenvalue weighted by molar-refractivity contribution is 5.90. The third-order valence-electron chi connectivity index (χ3n) is 2.83. The molecular weight excluding hydrogens is 200 g/mol. The first-order valence-electron chi connectivity index (χ1n) is 5.34. The molecular formula is C14H16O2. The van der Waals surface area contributed by atoms with Crippen LogP contribution in [0, 0.1) is 13.8 Å². The summed E-state index contributed by atoms with van der Waals surface area (Å²) in [6.45, 7) is 4.49. The molecule has 84 valence electrons. The van der Waals surface area contributed by atoms with E-state index < -0.39 is 0 Å². The number of hydrogen-bond acceptors (Lipinski definition) is 2. The molecule has 2 nitrogen and oxygen atoms in total. The van der Waals surface area contributed by atoms with Crippen molar-refractivity contribution in [3.8, 4) is 5.75 Å². The van der Waals surface area contributed by atoms with Gasteiger partial charge in [-0.25, -0.2) is 0 Å². The fraction of sp³-hybridized carbons (Fsp3) is 0.286. The van der Waals surface area contributed by atoms with Gasteiger partial charge in [-0.15, -0.1) is 0 Å². The first-order chi connectivity index (χ1) is 7.74. The van der Waals surface area contributed by atoms with Crippen molar-refractivity contribution in [1.82, 2.24) is 0 Å². The number of ether oxygens (including phenoxy) is 2. The SMILES string of the molecule is COCOc1ccc2c(C)cccc2c1C. The van der Waals surface area contributed by atoms with Crippen LogP contribution in [-0.2, 0) is 4.74 Å². The summed E-state index contributed by atoms with van der Waals surface area (Å²) in [5.41, 5.74) is 2.46. The van der Waals surface area contributed by atoms with E-state index in [1.165, 1.54) is 21.9 Å². The Morgan fingerprint density at radius 3 is 2.56 bits per heavy atom. The third-order valence-corrected chi connectivity index (χ3v) is 2.83. The average Bonchev–Trinajstić information content (AvgIpc) is 2.29. The molecule has 0 saturated heterocycles. The second-order valence-electron chi connectivity index (χ2n) is 3.91. The van der Waals surface area contributed by atoms with Gasteiger partial charge in [0.05, 0.1) is 0 Å². The minimum absolute atomic E-state index is 0.290. The number of benzene rings is 2. The van der Waals surface area contributed by atoms with Crippen LogP contribution in [-0.4, -0.2) is 13.9 Å². The van der Waals surface area contributed by atoms with Gasteiger partial charge in [-0.2, -0.15) is 0 Å². The molecule has 2 aromatic carbocycles. The molecule has 2 heteroatoms. The summed E-state index contributed by atoms with van der Waals surface area (Å²) in [6, 6.07) is 10.4. The lowest BCUT2D eigenvalue weighted by Gasteiger charge is -2.11. The summed E-state index contributed by atoms with van der Waals surface area (Å²) in [6.07, 6.45) is 0. The van der Waals surface area contributed by atoms with Crippen LogP contribution in [0.3, 0.4) is 0 Å². The van der Waals surface area contributed by atoms with Gasteiger partial charge in [-0.05, 0) is 41.8 Å². The van der Waals surface area contributed by atoms with E-state index in [2.05, 4.69) is 38.1 Å². The van der Waals surface area contributed by atoms with Crippen molar-refractivity contribution in [2.75, 3.05) is 13.9 Å². The largest absolute Gasteiger partial charge is 0.467 e. The van der Waals surface area contributed by atoms with Crippen LogP contribution in [0.15, 0.2) is 30.3 Å². The molecule has 0 N–H and O–H groups in total. The van der Waals surface area contributed by atoms with E-state index >= 15 is 0 Å². The second-order valence-corrected chi connectivity index (χ2v) is 3.91. The molecule has 0 aliphatic heterocycles. The Balaban J connectivity index is 2.52. The fourth-order valence-electron chi connectivity index (χ4n) is 1.92. The van der Waals surface area contributed by atoms with E-state index in [1.807, 2.05) is 6.07 Å². The molecule has 0 aromatic heterocycles. The Kier molecular flexibility index (Phi) is 3.11. The van der Waals surface area contributed by atoms with Crippen LogP contribution in [0.25, 0.3) is 10.8 Å². The molecule has 0 bridgehead atoms. The second kappa shape index (κ2) is 4.54. The molecule has 0 spiro atoms. The van der Waals surface area contributed by atoms with Gasteiger partial charge in [0.25, 0.3) is 0 Å². The molecule has 0 fully saturated rings. The van der Waals surface area contributed by atoms with Gasteiger partial charge >= 0.3 is 0 Å². The summed E-state index contributed by atoms with van der Waals surface area (Å²) in [5.74, 6) is 0.889. The highest BCUT2D eigenvalue weighted by atomic mass is 16.7. The Hall–Kier alpha value is -1.54. The summed E-state index contributed by atoms with van der Waals surface area (Å²) in [4.78, 5) is 0. The highest BCUT2D eigenvalue weighted by Gasteiger charge is 2.05. The smallest absolute Gasteiger partial charge is 0.188 e. The maximum Gasteiger partial charge on any atom is 0.188 e. The molecule has 0 radical (unpaired) electrons. The Bertz CT molecular complexity index is 503. The molecule has 16 heavy (non-hydrogen) atoms. The van der Waals surface area contributed by atoms with Gasteiger partial charge in [0.2, 0.25) is 0 Å². The van der Waals surface area contributed by atoms with Crippen LogP contribution in [0.5, 0.6) is 5.75 Å². The molecule has 0 aliphatic carbocycles. The van der Waals surface area contributed by atoms with E-state index in [1.54, 1.807) is 7.11 Å². The normalized spacial score (nSPS) is 10.7. The number of fused-ring (bicyclic) bond motifs is 1. The lowest BCUT2D eigenvalue weighted by Crippen LogP contribution is -2.00. The standard InChI is InChI=1S/C14H16O2/c1-10-5-4-6-13-11(2)14(16-9-15-3)8-7-12(10)13/h4-8H,9H2,1-3H3. The van der Waals surface area contributed by atoms with Crippen LogP contribution >= 0.6 is 0 Å². The topological polar surface area (TPSA) is 18.5 Å². The summed E-state index contributed by atoms with van der Waals surface area (Å²) in [7, 11) is 1.63. The van der Waals surface area contributed by atoms with Crippen molar-refractivity contribution in [1.29, 1.82) is 0 Å². The van der Waals surface area contributed by atoms with Crippen molar-refractivity contribution in [3.05, 3.63) is 41.5 Å². The van der Waals surface area contributed by atoms with E-state index in [4.69, 9.17) is 9.47 Å². The maximum atomic E-state index is 5.51. The summed E-state index contributed by atoms with van der Waals surface area (Å²) in [5, 5.41) is 2.53.